The van der Waals surface area contributed by atoms with Gasteiger partial charge in [0.05, 0.1) is 37.5 Å². The van der Waals surface area contributed by atoms with Gasteiger partial charge < -0.3 is 20.5 Å². The minimum absolute atomic E-state index is 0.0596. The normalized spacial score (nSPS) is 17.7. The van der Waals surface area contributed by atoms with E-state index >= 15 is 0 Å². The Morgan fingerprint density at radius 1 is 1.18 bits per heavy atom. The van der Waals surface area contributed by atoms with Crippen LogP contribution in [0.2, 0.25) is 0 Å². The van der Waals surface area contributed by atoms with Crippen molar-refractivity contribution in [1.29, 1.82) is 5.26 Å². The molecule has 44 heavy (non-hydrogen) atoms. The average Bonchev–Trinajstić information content (AvgIpc) is 3.47. The molecule has 1 aliphatic heterocycles. The smallest absolute Gasteiger partial charge is 0.230 e. The molecule has 1 aliphatic carbocycles. The Hall–Kier alpha value is -4.34. The highest BCUT2D eigenvalue weighted by molar-refractivity contribution is 8.01. The molecule has 228 valence electrons. The van der Waals surface area contributed by atoms with Gasteiger partial charge in [0.1, 0.15) is 17.3 Å². The summed E-state index contributed by atoms with van der Waals surface area (Å²) in [5, 5.41) is 22.5. The van der Waals surface area contributed by atoms with Gasteiger partial charge in [0, 0.05) is 35.9 Å². The number of ether oxygens (including phenoxy) is 2. The summed E-state index contributed by atoms with van der Waals surface area (Å²) < 4.78 is 11.6. The fraction of sp³-hybridized carbons (Fsp3) is 0.344. The van der Waals surface area contributed by atoms with Crippen LogP contribution in [-0.2, 0) is 16.0 Å². The number of nitrogens with one attached hydrogen (secondary N) is 1. The van der Waals surface area contributed by atoms with Crippen molar-refractivity contribution < 1.29 is 19.1 Å². The minimum atomic E-state index is -0.711. The first-order chi connectivity index (χ1) is 21.2. The van der Waals surface area contributed by atoms with Gasteiger partial charge in [0.2, 0.25) is 11.0 Å². The number of benzene rings is 2. The Labute approximate surface area is 264 Å². The summed E-state index contributed by atoms with van der Waals surface area (Å²) >= 11 is 2.54. The molecule has 10 nitrogen and oxygen atoms in total. The molecule has 0 spiro atoms. The summed E-state index contributed by atoms with van der Waals surface area (Å²) in [6.07, 6.45) is 1.61. The number of ketones is 1. The standard InChI is InChI=1S/C32H34N6O4S2/c1-32(2)15-23-28(24(39)16-32)27(21-11-10-20(41-3)14-25(21)42-4)22(17-33)29(34)38(23)30-36-37-31(44-30)43-18-26(40)35-13-12-19-8-6-5-7-9-19/h5-11,14,27H,12-13,15-16,18,34H2,1-4H3,(H,35,40). The van der Waals surface area contributed by atoms with Gasteiger partial charge in [-0.3, -0.25) is 14.5 Å². The second-order valence-electron chi connectivity index (χ2n) is 11.3. The molecule has 0 radical (unpaired) electrons. The number of carbonyl (C=O) groups is 2. The molecular formula is C32H34N6O4S2. The Balaban J connectivity index is 1.43. The van der Waals surface area contributed by atoms with Gasteiger partial charge in [0.25, 0.3) is 0 Å². The summed E-state index contributed by atoms with van der Waals surface area (Å²) in [5.74, 6) is 0.570. The van der Waals surface area contributed by atoms with Crippen LogP contribution in [0.4, 0.5) is 5.13 Å². The number of allylic oxidation sites excluding steroid dienone is 3. The predicted octanol–water partition coefficient (Wildman–Crippen LogP) is 4.95. The number of rotatable bonds is 10. The van der Waals surface area contributed by atoms with Crippen LogP contribution in [0, 0.1) is 16.7 Å². The Morgan fingerprint density at radius 3 is 2.66 bits per heavy atom. The lowest BCUT2D eigenvalue weighted by atomic mass is 9.68. The molecule has 0 fully saturated rings. The van der Waals surface area contributed by atoms with E-state index in [9.17, 15) is 14.9 Å². The first kappa shape index (κ1) is 31.1. The topological polar surface area (TPSA) is 143 Å². The van der Waals surface area contributed by atoms with Crippen molar-refractivity contribution in [2.24, 2.45) is 11.1 Å². The fourth-order valence-corrected chi connectivity index (χ4v) is 7.33. The molecule has 0 bridgehead atoms. The van der Waals surface area contributed by atoms with Crippen LogP contribution in [0.5, 0.6) is 11.5 Å². The van der Waals surface area contributed by atoms with E-state index in [0.717, 1.165) is 12.0 Å². The maximum absolute atomic E-state index is 13.9. The molecule has 12 heteroatoms. The number of nitrogens with zero attached hydrogens (tertiary/aromatic N) is 4. The minimum Gasteiger partial charge on any atom is -0.497 e. The predicted molar refractivity (Wildman–Crippen MR) is 170 cm³/mol. The summed E-state index contributed by atoms with van der Waals surface area (Å²) in [4.78, 5) is 28.0. The van der Waals surface area contributed by atoms with Crippen molar-refractivity contribution in [3.05, 3.63) is 82.3 Å². The van der Waals surface area contributed by atoms with Crippen molar-refractivity contribution in [3.8, 4) is 17.6 Å². The lowest BCUT2D eigenvalue weighted by Gasteiger charge is -2.42. The highest BCUT2D eigenvalue weighted by Gasteiger charge is 2.46. The molecule has 1 amide bonds. The third-order valence-corrected chi connectivity index (χ3v) is 9.67. The van der Waals surface area contributed by atoms with Crippen molar-refractivity contribution in [2.45, 2.75) is 43.4 Å². The molecule has 1 unspecified atom stereocenters. The van der Waals surface area contributed by atoms with Gasteiger partial charge >= 0.3 is 0 Å². The van der Waals surface area contributed by atoms with Crippen molar-refractivity contribution in [3.63, 3.8) is 0 Å². The van der Waals surface area contributed by atoms with Gasteiger partial charge in [-0.25, -0.2) is 0 Å². The van der Waals surface area contributed by atoms with Crippen molar-refractivity contribution in [2.75, 3.05) is 31.4 Å². The van der Waals surface area contributed by atoms with E-state index in [1.165, 1.54) is 30.2 Å². The van der Waals surface area contributed by atoms with Crippen LogP contribution in [0.1, 0.15) is 43.7 Å². The zero-order valence-electron chi connectivity index (χ0n) is 25.0. The lowest BCUT2D eigenvalue weighted by molar-refractivity contribution is -0.119. The molecular weight excluding hydrogens is 597 g/mol. The molecule has 0 saturated carbocycles. The number of hydrogen-bond acceptors (Lipinski definition) is 11. The molecule has 2 aromatic carbocycles. The zero-order chi connectivity index (χ0) is 31.4. The molecule has 2 aliphatic rings. The highest BCUT2D eigenvalue weighted by atomic mass is 32.2. The maximum atomic E-state index is 13.9. The van der Waals surface area contributed by atoms with E-state index in [2.05, 4.69) is 21.6 Å². The van der Waals surface area contributed by atoms with E-state index in [0.29, 0.717) is 57.2 Å². The van der Waals surface area contributed by atoms with Gasteiger partial charge in [-0.15, -0.1) is 10.2 Å². The Morgan fingerprint density at radius 2 is 1.95 bits per heavy atom. The number of methoxy groups -OCH3 is 2. The second kappa shape index (κ2) is 13.1. The Kier molecular flexibility index (Phi) is 9.27. The molecule has 3 N–H and O–H groups in total. The van der Waals surface area contributed by atoms with Crippen LogP contribution in [-0.4, -0.2) is 48.4 Å². The Bertz CT molecular complexity index is 1680. The van der Waals surface area contributed by atoms with Crippen LogP contribution >= 0.6 is 23.1 Å². The summed E-state index contributed by atoms with van der Waals surface area (Å²) in [7, 11) is 3.10. The number of carbonyl (C=O) groups excluding carboxylic acids is 2. The van der Waals surface area contributed by atoms with E-state index in [1.807, 2.05) is 50.2 Å². The number of amides is 1. The van der Waals surface area contributed by atoms with E-state index < -0.39 is 5.92 Å². The monoisotopic (exact) mass is 630 g/mol. The average molecular weight is 631 g/mol. The first-order valence-electron chi connectivity index (χ1n) is 14.1. The quantitative estimate of drug-likeness (QED) is 0.296. The number of thioether (sulfide) groups is 1. The SMILES string of the molecule is COc1ccc(C2C(C#N)=C(N)N(c3nnc(SCC(=O)NCCc4ccccc4)s3)C3=C2C(=O)CC(C)(C)C3)c(OC)c1. The highest BCUT2D eigenvalue weighted by Crippen LogP contribution is 2.52. The largest absolute Gasteiger partial charge is 0.497 e. The van der Waals surface area contributed by atoms with Crippen LogP contribution < -0.4 is 25.4 Å². The molecule has 0 saturated heterocycles. The van der Waals surface area contributed by atoms with Crippen LogP contribution in [0.3, 0.4) is 0 Å². The first-order valence-corrected chi connectivity index (χ1v) is 15.9. The summed E-state index contributed by atoms with van der Waals surface area (Å²) in [6.45, 7) is 4.61. The van der Waals surface area contributed by atoms with Crippen LogP contribution in [0.25, 0.3) is 0 Å². The maximum Gasteiger partial charge on any atom is 0.230 e. The van der Waals surface area contributed by atoms with Crippen molar-refractivity contribution in [1.82, 2.24) is 15.5 Å². The summed E-state index contributed by atoms with van der Waals surface area (Å²) in [5.41, 5.74) is 9.64. The van der Waals surface area contributed by atoms with Crippen LogP contribution in [0.15, 0.2) is 75.5 Å². The number of hydrogen-bond donors (Lipinski definition) is 2. The number of aromatic nitrogens is 2. The molecule has 1 atom stereocenters. The molecule has 1 aromatic heterocycles. The molecule has 3 aromatic rings. The second-order valence-corrected chi connectivity index (χ2v) is 13.5. The van der Waals surface area contributed by atoms with E-state index in [1.54, 1.807) is 24.1 Å². The molecule has 2 heterocycles. The van der Waals surface area contributed by atoms with Gasteiger partial charge in [-0.05, 0) is 29.9 Å². The van der Waals surface area contributed by atoms with Crippen molar-refractivity contribution >= 4 is 39.9 Å². The lowest BCUT2D eigenvalue weighted by Crippen LogP contribution is -2.42. The van der Waals surface area contributed by atoms with Gasteiger partial charge in [0.15, 0.2) is 10.1 Å². The number of Topliss-reactive ketones (excluding diaryl/α,β-unsaturated/α-hetero) is 1. The summed E-state index contributed by atoms with van der Waals surface area (Å²) in [6, 6.07) is 17.6. The zero-order valence-corrected chi connectivity index (χ0v) is 26.7. The number of nitrogens with two attached hydrogens (primary N) is 1. The third-order valence-electron chi connectivity index (χ3n) is 7.63. The van der Waals surface area contributed by atoms with Gasteiger partial charge in [-0.2, -0.15) is 5.26 Å². The fourth-order valence-electron chi connectivity index (χ4n) is 5.62. The number of nitriles is 1. The third kappa shape index (κ3) is 6.44. The van der Waals surface area contributed by atoms with Gasteiger partial charge in [-0.1, -0.05) is 73.3 Å². The van der Waals surface area contributed by atoms with E-state index in [-0.39, 0.29) is 34.3 Å². The number of anilines is 1. The molecule has 5 rings (SSSR count). The van der Waals surface area contributed by atoms with E-state index in [4.69, 9.17) is 15.2 Å².